The van der Waals surface area contributed by atoms with E-state index in [1.165, 1.54) is 0 Å². The number of carbonyl (C=O) groups excluding carboxylic acids is 1. The molecule has 0 atom stereocenters. The lowest BCUT2D eigenvalue weighted by Gasteiger charge is -2.13. The van der Waals surface area contributed by atoms with E-state index in [0.29, 0.717) is 18.8 Å². The average molecular weight is 254 g/mol. The van der Waals surface area contributed by atoms with Crippen molar-refractivity contribution in [3.63, 3.8) is 0 Å². The largest absolute Gasteiger partial charge is 0.468 e. The SMILES string of the molecule is O=COCCCCCS(Cl)(Cl)Cl. The topological polar surface area (TPSA) is 26.3 Å². The van der Waals surface area contributed by atoms with Gasteiger partial charge in [0.2, 0.25) is 0 Å². The van der Waals surface area contributed by atoms with Crippen molar-refractivity contribution in [3.8, 4) is 0 Å². The lowest BCUT2D eigenvalue weighted by Crippen LogP contribution is -1.92. The van der Waals surface area contributed by atoms with Gasteiger partial charge in [0.15, 0.2) is 0 Å². The van der Waals surface area contributed by atoms with E-state index in [-0.39, 0.29) is 0 Å². The Hall–Kier alpha value is 0.690. The van der Waals surface area contributed by atoms with Gasteiger partial charge in [0.25, 0.3) is 6.47 Å². The summed E-state index contributed by atoms with van der Waals surface area (Å²) in [5, 5.41) is 0. The molecular weight excluding hydrogens is 242 g/mol. The van der Waals surface area contributed by atoms with E-state index in [9.17, 15) is 4.79 Å². The Labute approximate surface area is 87.3 Å². The lowest BCUT2D eigenvalue weighted by atomic mass is 10.3. The van der Waals surface area contributed by atoms with E-state index in [1.807, 2.05) is 0 Å². The first-order valence-corrected chi connectivity index (χ1v) is 7.79. The zero-order valence-corrected chi connectivity index (χ0v) is 9.56. The van der Waals surface area contributed by atoms with Crippen LogP contribution in [0.15, 0.2) is 0 Å². The second kappa shape index (κ2) is 7.13. The summed E-state index contributed by atoms with van der Waals surface area (Å²) in [5.74, 6) is 0.624. The van der Waals surface area contributed by atoms with Crippen LogP contribution in [0.1, 0.15) is 19.3 Å². The Morgan fingerprint density at radius 3 is 2.33 bits per heavy atom. The first-order valence-electron chi connectivity index (χ1n) is 3.51. The highest BCUT2D eigenvalue weighted by atomic mass is 36.2. The van der Waals surface area contributed by atoms with Crippen molar-refractivity contribution < 1.29 is 9.53 Å². The van der Waals surface area contributed by atoms with Crippen LogP contribution in [0.4, 0.5) is 0 Å². The molecule has 2 nitrogen and oxygen atoms in total. The number of hydrogen-bond acceptors (Lipinski definition) is 2. The maximum absolute atomic E-state index is 9.72. The van der Waals surface area contributed by atoms with Crippen molar-refractivity contribution >= 4 is 46.2 Å². The summed E-state index contributed by atoms with van der Waals surface area (Å²) in [6, 6.07) is 0. The van der Waals surface area contributed by atoms with Gasteiger partial charge in [-0.3, -0.25) is 4.79 Å². The van der Waals surface area contributed by atoms with Crippen molar-refractivity contribution in [2.75, 3.05) is 12.4 Å². The minimum absolute atomic E-state index is 0.445. The summed E-state index contributed by atoms with van der Waals surface area (Å²) in [6.07, 6.45) is 2.63. The zero-order valence-electron chi connectivity index (χ0n) is 6.47. The Balaban J connectivity index is 3.06. The van der Waals surface area contributed by atoms with Crippen molar-refractivity contribution in [1.29, 1.82) is 0 Å². The van der Waals surface area contributed by atoms with Gasteiger partial charge in [0.05, 0.1) is 6.61 Å². The fraction of sp³-hybridized carbons (Fsp3) is 0.833. The molecule has 0 aliphatic carbocycles. The third-order valence-electron chi connectivity index (χ3n) is 1.21. The van der Waals surface area contributed by atoms with Crippen molar-refractivity contribution in [2.45, 2.75) is 19.3 Å². The van der Waals surface area contributed by atoms with Gasteiger partial charge < -0.3 is 4.74 Å². The van der Waals surface area contributed by atoms with Gasteiger partial charge in [-0.2, -0.15) is 0 Å². The molecule has 0 bridgehead atoms. The second-order valence-electron chi connectivity index (χ2n) is 2.23. The standard InChI is InChI=1S/C6H11Cl3O2S/c7-12(8,9)5-3-1-2-4-11-6-10/h6H,1-5H2. The van der Waals surface area contributed by atoms with E-state index in [1.54, 1.807) is 0 Å². The zero-order chi connectivity index (χ0) is 9.45. The van der Waals surface area contributed by atoms with E-state index in [2.05, 4.69) is 4.74 Å². The number of carbonyl (C=O) groups is 1. The number of rotatable bonds is 7. The highest BCUT2D eigenvalue weighted by Crippen LogP contribution is 2.63. The minimum Gasteiger partial charge on any atom is -0.468 e. The Kier molecular flexibility index (Phi) is 7.54. The average Bonchev–Trinajstić information content (AvgIpc) is 1.94. The quantitative estimate of drug-likeness (QED) is 0.512. The summed E-state index contributed by atoms with van der Waals surface area (Å²) in [6.45, 7) is 0.902. The van der Waals surface area contributed by atoms with Crippen LogP contribution in [0.25, 0.3) is 0 Å². The molecule has 0 aromatic rings. The molecule has 0 heterocycles. The molecule has 6 heteroatoms. The number of hydrogen-bond donors (Lipinski definition) is 0. The number of halogens is 3. The predicted octanol–water partition coefficient (Wildman–Crippen LogP) is 3.60. The first kappa shape index (κ1) is 12.7. The minimum atomic E-state index is -1.91. The van der Waals surface area contributed by atoms with Crippen molar-refractivity contribution in [1.82, 2.24) is 0 Å². The van der Waals surface area contributed by atoms with Crippen LogP contribution in [0.2, 0.25) is 0 Å². The summed E-state index contributed by atoms with van der Waals surface area (Å²) in [5.41, 5.74) is 0. The highest BCUT2D eigenvalue weighted by molar-refractivity contribution is 8.79. The first-order chi connectivity index (χ1) is 5.56. The molecule has 0 aliphatic heterocycles. The molecular formula is C6H11Cl3O2S. The third kappa shape index (κ3) is 10.7. The van der Waals surface area contributed by atoms with Crippen LogP contribution in [-0.4, -0.2) is 18.8 Å². The van der Waals surface area contributed by atoms with Crippen molar-refractivity contribution in [3.05, 3.63) is 0 Å². The van der Waals surface area contributed by atoms with Gasteiger partial charge >= 0.3 is 0 Å². The van der Waals surface area contributed by atoms with Gasteiger partial charge in [-0.1, -0.05) is 0 Å². The molecule has 0 unspecified atom stereocenters. The molecule has 0 spiro atoms. The fourth-order valence-corrected chi connectivity index (χ4v) is 2.19. The molecule has 12 heavy (non-hydrogen) atoms. The number of ether oxygens (including phenoxy) is 1. The smallest absolute Gasteiger partial charge is 0.293 e. The van der Waals surface area contributed by atoms with Crippen LogP contribution in [0.3, 0.4) is 0 Å². The monoisotopic (exact) mass is 252 g/mol. The summed E-state index contributed by atoms with van der Waals surface area (Å²) >= 11 is 0. The molecule has 0 aromatic carbocycles. The van der Waals surface area contributed by atoms with Crippen molar-refractivity contribution in [2.24, 2.45) is 0 Å². The molecule has 0 aliphatic rings. The Morgan fingerprint density at radius 2 is 1.83 bits per heavy atom. The maximum Gasteiger partial charge on any atom is 0.293 e. The van der Waals surface area contributed by atoms with Gasteiger partial charge in [-0.25, -0.2) is 0 Å². The van der Waals surface area contributed by atoms with Crippen LogP contribution >= 0.6 is 39.7 Å². The van der Waals surface area contributed by atoms with Gasteiger partial charge in [0.1, 0.15) is 0 Å². The normalized spacial score (nSPS) is 12.6. The van der Waals surface area contributed by atoms with E-state index in [4.69, 9.17) is 32.0 Å². The molecule has 0 saturated carbocycles. The molecule has 0 saturated heterocycles. The van der Waals surface area contributed by atoms with Gasteiger partial charge in [-0.05, 0) is 59.0 Å². The van der Waals surface area contributed by atoms with Crippen LogP contribution in [-0.2, 0) is 9.53 Å². The predicted molar refractivity (Wildman–Crippen MR) is 55.9 cm³/mol. The fourth-order valence-electron chi connectivity index (χ4n) is 0.676. The van der Waals surface area contributed by atoms with E-state index >= 15 is 0 Å². The molecule has 0 radical (unpaired) electrons. The molecule has 0 N–H and O–H groups in total. The van der Waals surface area contributed by atoms with Gasteiger partial charge in [-0.15, -0.1) is 0 Å². The van der Waals surface area contributed by atoms with Crippen LogP contribution in [0.5, 0.6) is 0 Å². The van der Waals surface area contributed by atoms with E-state index in [0.717, 1.165) is 19.3 Å². The molecule has 0 amide bonds. The molecule has 0 rings (SSSR count). The van der Waals surface area contributed by atoms with E-state index < -0.39 is 7.67 Å². The van der Waals surface area contributed by atoms with Crippen LogP contribution < -0.4 is 0 Å². The molecule has 0 fully saturated rings. The number of unbranched alkanes of at least 4 members (excludes halogenated alkanes) is 2. The maximum atomic E-state index is 9.72. The summed E-state index contributed by atoms with van der Waals surface area (Å²) < 4.78 is 4.49. The Bertz CT molecular complexity index is 126. The second-order valence-corrected chi connectivity index (χ2v) is 9.81. The molecule has 0 aromatic heterocycles. The molecule has 74 valence electrons. The lowest BCUT2D eigenvalue weighted by molar-refractivity contribution is -0.128. The van der Waals surface area contributed by atoms with Crippen LogP contribution in [0, 0.1) is 0 Å². The Morgan fingerprint density at radius 1 is 1.17 bits per heavy atom. The summed E-state index contributed by atoms with van der Waals surface area (Å²) in [4.78, 5) is 9.72. The highest BCUT2D eigenvalue weighted by Gasteiger charge is 2.11. The third-order valence-corrected chi connectivity index (χ3v) is 3.35. The summed E-state index contributed by atoms with van der Waals surface area (Å²) in [7, 11) is 14.9. The van der Waals surface area contributed by atoms with Gasteiger partial charge in [0, 0.05) is 5.75 Å².